The summed E-state index contributed by atoms with van der Waals surface area (Å²) in [5.74, 6) is -1.05. The van der Waals surface area contributed by atoms with Crippen LogP contribution in [-0.4, -0.2) is 5.11 Å². The van der Waals surface area contributed by atoms with E-state index in [1.807, 2.05) is 0 Å². The summed E-state index contributed by atoms with van der Waals surface area (Å²) in [6.07, 6.45) is -1.01. The van der Waals surface area contributed by atoms with Gasteiger partial charge < -0.3 is 5.11 Å². The molecule has 0 aromatic heterocycles. The zero-order valence-corrected chi connectivity index (χ0v) is 11.2. The van der Waals surface area contributed by atoms with E-state index in [-0.39, 0.29) is 22.0 Å². The largest absolute Gasteiger partial charge is 0.388 e. The smallest absolute Gasteiger partial charge is 0.141 e. The first kappa shape index (κ1) is 14.3. The maximum Gasteiger partial charge on any atom is 0.141 e. The fourth-order valence-electron chi connectivity index (χ4n) is 1.76. The van der Waals surface area contributed by atoms with Crippen LogP contribution in [0.2, 0.25) is 10.0 Å². The SMILES string of the molecule is OC(Cc1c(F)cccc1Cl)c1ccc(F)c(Cl)c1. The molecule has 0 aliphatic rings. The molecule has 0 heterocycles. The highest BCUT2D eigenvalue weighted by Crippen LogP contribution is 2.27. The topological polar surface area (TPSA) is 20.2 Å². The second-order valence-corrected chi connectivity index (χ2v) is 4.91. The van der Waals surface area contributed by atoms with Gasteiger partial charge in [0.1, 0.15) is 11.6 Å². The Balaban J connectivity index is 2.25. The zero-order chi connectivity index (χ0) is 14.0. The van der Waals surface area contributed by atoms with E-state index in [1.165, 1.54) is 24.3 Å². The van der Waals surface area contributed by atoms with Crippen molar-refractivity contribution in [3.63, 3.8) is 0 Å². The molecule has 0 saturated carbocycles. The van der Waals surface area contributed by atoms with Gasteiger partial charge in [-0.1, -0.05) is 35.3 Å². The molecule has 5 heteroatoms. The quantitative estimate of drug-likeness (QED) is 0.882. The second kappa shape index (κ2) is 5.87. The lowest BCUT2D eigenvalue weighted by molar-refractivity contribution is 0.177. The fraction of sp³-hybridized carbons (Fsp3) is 0.143. The molecule has 0 aliphatic heterocycles. The Morgan fingerprint density at radius 2 is 1.74 bits per heavy atom. The van der Waals surface area contributed by atoms with E-state index in [1.54, 1.807) is 6.07 Å². The molecule has 19 heavy (non-hydrogen) atoms. The summed E-state index contributed by atoms with van der Waals surface area (Å²) in [6.45, 7) is 0. The second-order valence-electron chi connectivity index (χ2n) is 4.09. The van der Waals surface area contributed by atoms with Crippen LogP contribution in [-0.2, 0) is 6.42 Å². The lowest BCUT2D eigenvalue weighted by Crippen LogP contribution is -2.04. The van der Waals surface area contributed by atoms with Crippen LogP contribution in [0.5, 0.6) is 0 Å². The normalized spacial score (nSPS) is 12.5. The van der Waals surface area contributed by atoms with Crippen LogP contribution in [0.1, 0.15) is 17.2 Å². The molecule has 0 amide bonds. The molecule has 0 saturated heterocycles. The molecular formula is C14H10Cl2F2O. The van der Waals surface area contributed by atoms with Crippen molar-refractivity contribution in [3.05, 3.63) is 69.2 Å². The Morgan fingerprint density at radius 3 is 2.37 bits per heavy atom. The Hall–Kier alpha value is -1.16. The minimum absolute atomic E-state index is 0.00648. The molecule has 2 aromatic carbocycles. The summed E-state index contributed by atoms with van der Waals surface area (Å²) in [6, 6.07) is 8.18. The van der Waals surface area contributed by atoms with Crippen molar-refractivity contribution in [3.8, 4) is 0 Å². The zero-order valence-electron chi connectivity index (χ0n) is 9.71. The monoisotopic (exact) mass is 302 g/mol. The molecule has 0 spiro atoms. The summed E-state index contributed by atoms with van der Waals surface area (Å²) in [7, 11) is 0. The summed E-state index contributed by atoms with van der Waals surface area (Å²) < 4.78 is 26.6. The molecule has 0 bridgehead atoms. The number of hydrogen-bond acceptors (Lipinski definition) is 1. The van der Waals surface area contributed by atoms with Crippen LogP contribution in [0.4, 0.5) is 8.78 Å². The molecule has 1 nitrogen and oxygen atoms in total. The maximum atomic E-state index is 13.6. The van der Waals surface area contributed by atoms with Crippen molar-refractivity contribution >= 4 is 23.2 Å². The lowest BCUT2D eigenvalue weighted by Gasteiger charge is -2.13. The van der Waals surface area contributed by atoms with Gasteiger partial charge in [0.25, 0.3) is 0 Å². The molecule has 1 unspecified atom stereocenters. The van der Waals surface area contributed by atoms with Gasteiger partial charge in [-0.15, -0.1) is 0 Å². The van der Waals surface area contributed by atoms with E-state index in [0.29, 0.717) is 5.56 Å². The van der Waals surface area contributed by atoms with Crippen LogP contribution in [0.15, 0.2) is 36.4 Å². The third-order valence-electron chi connectivity index (χ3n) is 2.79. The van der Waals surface area contributed by atoms with Crippen molar-refractivity contribution in [1.29, 1.82) is 0 Å². The van der Waals surface area contributed by atoms with Crippen LogP contribution < -0.4 is 0 Å². The Labute approximate surface area is 119 Å². The number of rotatable bonds is 3. The van der Waals surface area contributed by atoms with Gasteiger partial charge in [-0.25, -0.2) is 8.78 Å². The van der Waals surface area contributed by atoms with Gasteiger partial charge in [0.15, 0.2) is 0 Å². The predicted octanol–water partition coefficient (Wildman–Crippen LogP) is 4.55. The number of hydrogen-bond donors (Lipinski definition) is 1. The Bertz CT molecular complexity index is 582. The average Bonchev–Trinajstić information content (AvgIpc) is 2.37. The molecule has 1 N–H and O–H groups in total. The summed E-state index contributed by atoms with van der Waals surface area (Å²) in [4.78, 5) is 0. The number of halogens is 4. The van der Waals surface area contributed by atoms with Crippen LogP contribution >= 0.6 is 23.2 Å². The third-order valence-corrected chi connectivity index (χ3v) is 3.43. The first-order valence-electron chi connectivity index (χ1n) is 5.55. The minimum Gasteiger partial charge on any atom is -0.388 e. The highest BCUT2D eigenvalue weighted by Gasteiger charge is 2.15. The highest BCUT2D eigenvalue weighted by molar-refractivity contribution is 6.31. The third kappa shape index (κ3) is 3.24. The molecular weight excluding hydrogens is 293 g/mol. The molecule has 0 aliphatic carbocycles. The van der Waals surface area contributed by atoms with Crippen molar-refractivity contribution in [2.45, 2.75) is 12.5 Å². The van der Waals surface area contributed by atoms with Gasteiger partial charge in [0.2, 0.25) is 0 Å². The standard InChI is InChI=1S/C14H10Cl2F2O/c15-10-2-1-3-12(17)9(10)7-14(19)8-4-5-13(18)11(16)6-8/h1-6,14,19H,7H2. The summed E-state index contributed by atoms with van der Waals surface area (Å²) in [5, 5.41) is 10.2. The van der Waals surface area contributed by atoms with E-state index < -0.39 is 17.7 Å². The van der Waals surface area contributed by atoms with Crippen molar-refractivity contribution in [2.24, 2.45) is 0 Å². The lowest BCUT2D eigenvalue weighted by atomic mass is 10.0. The summed E-state index contributed by atoms with van der Waals surface area (Å²) in [5.41, 5.74) is 0.628. The molecule has 2 aromatic rings. The van der Waals surface area contributed by atoms with Gasteiger partial charge >= 0.3 is 0 Å². The Kier molecular flexibility index (Phi) is 4.40. The van der Waals surface area contributed by atoms with Crippen molar-refractivity contribution in [2.75, 3.05) is 0 Å². The van der Waals surface area contributed by atoms with E-state index >= 15 is 0 Å². The van der Waals surface area contributed by atoms with E-state index in [0.717, 1.165) is 6.07 Å². The van der Waals surface area contributed by atoms with E-state index in [4.69, 9.17) is 23.2 Å². The van der Waals surface area contributed by atoms with Crippen molar-refractivity contribution in [1.82, 2.24) is 0 Å². The fourth-order valence-corrected chi connectivity index (χ4v) is 2.19. The first-order valence-corrected chi connectivity index (χ1v) is 6.30. The highest BCUT2D eigenvalue weighted by atomic mass is 35.5. The Morgan fingerprint density at radius 1 is 1.00 bits per heavy atom. The van der Waals surface area contributed by atoms with Gasteiger partial charge in [0.05, 0.1) is 11.1 Å². The van der Waals surface area contributed by atoms with Crippen molar-refractivity contribution < 1.29 is 13.9 Å². The van der Waals surface area contributed by atoms with Gasteiger partial charge in [-0.2, -0.15) is 0 Å². The van der Waals surface area contributed by atoms with Crippen LogP contribution in [0.25, 0.3) is 0 Å². The van der Waals surface area contributed by atoms with E-state index in [9.17, 15) is 13.9 Å². The minimum atomic E-state index is -1.01. The molecule has 100 valence electrons. The number of benzene rings is 2. The molecule has 0 radical (unpaired) electrons. The molecule has 1 atom stereocenters. The van der Waals surface area contributed by atoms with Gasteiger partial charge in [0, 0.05) is 17.0 Å². The predicted molar refractivity (Wildman–Crippen MR) is 71.5 cm³/mol. The molecule has 2 rings (SSSR count). The first-order chi connectivity index (χ1) is 8.99. The van der Waals surface area contributed by atoms with E-state index in [2.05, 4.69) is 0 Å². The van der Waals surface area contributed by atoms with Gasteiger partial charge in [-0.3, -0.25) is 0 Å². The maximum absolute atomic E-state index is 13.6. The summed E-state index contributed by atoms with van der Waals surface area (Å²) >= 11 is 11.5. The van der Waals surface area contributed by atoms with Crippen LogP contribution in [0, 0.1) is 11.6 Å². The number of aliphatic hydroxyl groups excluding tert-OH is 1. The molecule has 0 fully saturated rings. The average molecular weight is 303 g/mol. The van der Waals surface area contributed by atoms with Gasteiger partial charge in [-0.05, 0) is 29.8 Å². The van der Waals surface area contributed by atoms with Crippen LogP contribution in [0.3, 0.4) is 0 Å². The number of aliphatic hydroxyl groups is 1.